The highest BCUT2D eigenvalue weighted by atomic mass is 16.5. The van der Waals surface area contributed by atoms with E-state index in [0.29, 0.717) is 12.4 Å². The van der Waals surface area contributed by atoms with Gasteiger partial charge in [-0.15, -0.1) is 0 Å². The topological polar surface area (TPSA) is 55.9 Å². The van der Waals surface area contributed by atoms with Crippen molar-refractivity contribution in [3.05, 3.63) is 47.7 Å². The van der Waals surface area contributed by atoms with Crippen LogP contribution < -0.4 is 5.32 Å². The lowest BCUT2D eigenvalue weighted by molar-refractivity contribution is 0.375. The van der Waals surface area contributed by atoms with Crippen molar-refractivity contribution < 1.29 is 4.52 Å². The number of hydrogen-bond acceptors (Lipinski definition) is 4. The van der Waals surface area contributed by atoms with Crippen molar-refractivity contribution in [2.75, 3.05) is 6.54 Å². The number of hydrogen-bond donors (Lipinski definition) is 1. The Morgan fingerprint density at radius 3 is 2.90 bits per heavy atom. The fourth-order valence-corrected chi connectivity index (χ4v) is 2.53. The third kappa shape index (κ3) is 2.83. The Morgan fingerprint density at radius 2 is 2.14 bits per heavy atom. The number of benzene rings is 1. The van der Waals surface area contributed by atoms with Crippen LogP contribution >= 0.6 is 0 Å². The van der Waals surface area contributed by atoms with Crippen molar-refractivity contribution in [2.24, 2.45) is 0 Å². The first-order valence-electron chi connectivity index (χ1n) is 7.40. The minimum absolute atomic E-state index is 0.635. The summed E-state index contributed by atoms with van der Waals surface area (Å²) in [6.45, 7) is 6.59. The van der Waals surface area contributed by atoms with Crippen LogP contribution in [-0.2, 0) is 19.5 Å². The summed E-state index contributed by atoms with van der Waals surface area (Å²) in [6.07, 6.45) is 2.85. The Balaban J connectivity index is 1.94. The predicted octanol–water partition coefficient (Wildman–Crippen LogP) is 2.74. The van der Waals surface area contributed by atoms with Crippen LogP contribution in [0.3, 0.4) is 0 Å². The summed E-state index contributed by atoms with van der Waals surface area (Å²) >= 11 is 0. The van der Waals surface area contributed by atoms with Gasteiger partial charge in [-0.1, -0.05) is 37.2 Å². The quantitative estimate of drug-likeness (QED) is 0.756. The molecule has 21 heavy (non-hydrogen) atoms. The van der Waals surface area contributed by atoms with Crippen LogP contribution in [0.25, 0.3) is 10.9 Å². The lowest BCUT2D eigenvalue weighted by Gasteiger charge is -2.08. The summed E-state index contributed by atoms with van der Waals surface area (Å²) in [5, 5.41) is 8.67. The van der Waals surface area contributed by atoms with E-state index < -0.39 is 0 Å². The van der Waals surface area contributed by atoms with Gasteiger partial charge in [0.2, 0.25) is 5.89 Å². The standard InChI is InChI=1S/C16H20N4O/c1-3-15-18-14(19-21-15)11-20-9-8-12-6-5-7-13(16(12)20)10-17-4-2/h5-9,17H,3-4,10-11H2,1-2H3. The zero-order valence-corrected chi connectivity index (χ0v) is 12.5. The normalized spacial score (nSPS) is 11.3. The molecule has 0 saturated heterocycles. The van der Waals surface area contributed by atoms with Crippen LogP contribution in [0.4, 0.5) is 0 Å². The molecule has 3 aromatic rings. The van der Waals surface area contributed by atoms with E-state index in [4.69, 9.17) is 4.52 Å². The molecule has 110 valence electrons. The molecule has 5 heteroatoms. The maximum atomic E-state index is 5.18. The molecular formula is C16H20N4O. The van der Waals surface area contributed by atoms with Gasteiger partial charge in [-0.05, 0) is 23.6 Å². The highest BCUT2D eigenvalue weighted by Crippen LogP contribution is 2.21. The summed E-state index contributed by atoms with van der Waals surface area (Å²) < 4.78 is 7.37. The SMILES string of the molecule is CCNCc1cccc2ccn(Cc3noc(CC)n3)c12. The van der Waals surface area contributed by atoms with E-state index in [1.807, 2.05) is 6.92 Å². The van der Waals surface area contributed by atoms with Crippen LogP contribution in [-0.4, -0.2) is 21.3 Å². The number of aromatic nitrogens is 3. The fourth-order valence-electron chi connectivity index (χ4n) is 2.53. The second-order valence-electron chi connectivity index (χ2n) is 5.04. The summed E-state index contributed by atoms with van der Waals surface area (Å²) in [5.41, 5.74) is 2.53. The van der Waals surface area contributed by atoms with Gasteiger partial charge in [0.05, 0.1) is 12.1 Å². The molecule has 0 aliphatic carbocycles. The first kappa shape index (κ1) is 13.8. The van der Waals surface area contributed by atoms with E-state index >= 15 is 0 Å². The van der Waals surface area contributed by atoms with Crippen molar-refractivity contribution in [2.45, 2.75) is 33.4 Å². The van der Waals surface area contributed by atoms with Gasteiger partial charge in [0.25, 0.3) is 0 Å². The first-order chi connectivity index (χ1) is 10.3. The van der Waals surface area contributed by atoms with E-state index in [1.165, 1.54) is 16.5 Å². The van der Waals surface area contributed by atoms with E-state index in [0.717, 1.165) is 25.3 Å². The van der Waals surface area contributed by atoms with Crippen LogP contribution in [0.1, 0.15) is 31.1 Å². The monoisotopic (exact) mass is 284 g/mol. The molecule has 0 fully saturated rings. The van der Waals surface area contributed by atoms with E-state index in [2.05, 4.69) is 57.4 Å². The summed E-state index contributed by atoms with van der Waals surface area (Å²) in [5.74, 6) is 1.41. The Morgan fingerprint density at radius 1 is 1.24 bits per heavy atom. The zero-order valence-electron chi connectivity index (χ0n) is 12.5. The molecule has 0 amide bonds. The van der Waals surface area contributed by atoms with Gasteiger partial charge < -0.3 is 14.4 Å². The molecule has 0 aliphatic heterocycles. The number of nitrogens with one attached hydrogen (secondary N) is 1. The van der Waals surface area contributed by atoms with Crippen molar-refractivity contribution in [1.29, 1.82) is 0 Å². The number of rotatable bonds is 6. The first-order valence-corrected chi connectivity index (χ1v) is 7.40. The molecular weight excluding hydrogens is 264 g/mol. The zero-order chi connectivity index (χ0) is 14.7. The van der Waals surface area contributed by atoms with Gasteiger partial charge >= 0.3 is 0 Å². The molecule has 2 heterocycles. The Labute approximate surface area is 124 Å². The van der Waals surface area contributed by atoms with Gasteiger partial charge in [0.15, 0.2) is 5.82 Å². The average Bonchev–Trinajstić information content (AvgIpc) is 3.13. The Kier molecular flexibility index (Phi) is 4.01. The van der Waals surface area contributed by atoms with Gasteiger partial charge in [0.1, 0.15) is 0 Å². The maximum absolute atomic E-state index is 5.18. The molecule has 0 saturated carbocycles. The molecule has 3 rings (SSSR count). The minimum Gasteiger partial charge on any atom is -0.339 e. The second kappa shape index (κ2) is 6.10. The van der Waals surface area contributed by atoms with Crippen molar-refractivity contribution in [3.8, 4) is 0 Å². The third-order valence-electron chi connectivity index (χ3n) is 3.56. The summed E-state index contributed by atoms with van der Waals surface area (Å²) in [7, 11) is 0. The molecule has 0 atom stereocenters. The summed E-state index contributed by atoms with van der Waals surface area (Å²) in [4.78, 5) is 4.39. The molecule has 0 bridgehead atoms. The molecule has 5 nitrogen and oxygen atoms in total. The number of nitrogens with zero attached hydrogens (tertiary/aromatic N) is 3. The van der Waals surface area contributed by atoms with Crippen LogP contribution in [0.5, 0.6) is 0 Å². The van der Waals surface area contributed by atoms with Crippen molar-refractivity contribution in [1.82, 2.24) is 20.0 Å². The van der Waals surface area contributed by atoms with Gasteiger partial charge in [-0.3, -0.25) is 0 Å². The number of para-hydroxylation sites is 1. The van der Waals surface area contributed by atoms with E-state index in [1.54, 1.807) is 0 Å². The highest BCUT2D eigenvalue weighted by molar-refractivity contribution is 5.83. The average molecular weight is 284 g/mol. The van der Waals surface area contributed by atoms with E-state index in [-0.39, 0.29) is 0 Å². The Hall–Kier alpha value is -2.14. The predicted molar refractivity (Wildman–Crippen MR) is 82.1 cm³/mol. The number of fused-ring (bicyclic) bond motifs is 1. The lowest BCUT2D eigenvalue weighted by Crippen LogP contribution is -2.13. The fraction of sp³-hybridized carbons (Fsp3) is 0.375. The maximum Gasteiger partial charge on any atom is 0.226 e. The molecule has 0 unspecified atom stereocenters. The van der Waals surface area contributed by atoms with Crippen LogP contribution in [0.15, 0.2) is 35.0 Å². The van der Waals surface area contributed by atoms with E-state index in [9.17, 15) is 0 Å². The number of aryl methyl sites for hydroxylation is 1. The molecule has 1 aromatic carbocycles. The molecule has 2 aromatic heterocycles. The van der Waals surface area contributed by atoms with Crippen molar-refractivity contribution in [3.63, 3.8) is 0 Å². The largest absolute Gasteiger partial charge is 0.339 e. The lowest BCUT2D eigenvalue weighted by atomic mass is 10.1. The summed E-state index contributed by atoms with van der Waals surface area (Å²) in [6, 6.07) is 8.53. The molecule has 1 N–H and O–H groups in total. The van der Waals surface area contributed by atoms with Gasteiger partial charge in [0, 0.05) is 19.2 Å². The van der Waals surface area contributed by atoms with Crippen LogP contribution in [0, 0.1) is 0 Å². The third-order valence-corrected chi connectivity index (χ3v) is 3.56. The minimum atomic E-state index is 0.635. The highest BCUT2D eigenvalue weighted by Gasteiger charge is 2.10. The molecule has 0 aliphatic rings. The molecule has 0 spiro atoms. The smallest absolute Gasteiger partial charge is 0.226 e. The van der Waals surface area contributed by atoms with Crippen molar-refractivity contribution >= 4 is 10.9 Å². The second-order valence-corrected chi connectivity index (χ2v) is 5.04. The molecule has 0 radical (unpaired) electrons. The van der Waals surface area contributed by atoms with Crippen LogP contribution in [0.2, 0.25) is 0 Å². The Bertz CT molecular complexity index is 729. The van der Waals surface area contributed by atoms with Gasteiger partial charge in [-0.25, -0.2) is 0 Å². The van der Waals surface area contributed by atoms with Gasteiger partial charge in [-0.2, -0.15) is 4.98 Å².